The van der Waals surface area contributed by atoms with Crippen LogP contribution in [0.1, 0.15) is 141 Å². The predicted octanol–water partition coefficient (Wildman–Crippen LogP) is 7.57. The molecule has 0 saturated carbocycles. The van der Waals surface area contributed by atoms with Crippen molar-refractivity contribution >= 4 is 0 Å². The lowest BCUT2D eigenvalue weighted by Gasteiger charge is -2.05. The number of aliphatic hydroxyl groups is 2. The van der Waals surface area contributed by atoms with Crippen molar-refractivity contribution in [1.29, 1.82) is 0 Å². The molecule has 0 spiro atoms. The van der Waals surface area contributed by atoms with Gasteiger partial charge in [0.05, 0.1) is 0 Å². The van der Waals surface area contributed by atoms with Crippen LogP contribution in [0.15, 0.2) is 0 Å². The zero-order valence-corrected chi connectivity index (χ0v) is 19.7. The van der Waals surface area contributed by atoms with Gasteiger partial charge >= 0.3 is 0 Å². The van der Waals surface area contributed by atoms with E-state index in [-0.39, 0.29) is 0 Å². The van der Waals surface area contributed by atoms with Crippen LogP contribution in [-0.4, -0.2) is 36.6 Å². The molecule has 0 heterocycles. The van der Waals surface area contributed by atoms with Crippen molar-refractivity contribution in [1.82, 2.24) is 0 Å². The number of unbranched alkanes of at least 4 members (excludes halogenated alkanes) is 20. The topological polar surface area (TPSA) is 49.7 Å². The summed E-state index contributed by atoms with van der Waals surface area (Å²) in [5, 5.41) is 17.5. The SMILES string of the molecule is OCCCCCCCCCCCCCOCCCCCCCCCCCCCO. The van der Waals surface area contributed by atoms with Crippen molar-refractivity contribution in [2.24, 2.45) is 0 Å². The van der Waals surface area contributed by atoms with Crippen LogP contribution in [0.5, 0.6) is 0 Å². The zero-order valence-electron chi connectivity index (χ0n) is 19.7. The van der Waals surface area contributed by atoms with E-state index in [9.17, 15) is 0 Å². The van der Waals surface area contributed by atoms with Gasteiger partial charge in [-0.15, -0.1) is 0 Å². The van der Waals surface area contributed by atoms with Gasteiger partial charge in [-0.1, -0.05) is 116 Å². The molecule has 2 N–H and O–H groups in total. The van der Waals surface area contributed by atoms with Crippen molar-refractivity contribution in [3.63, 3.8) is 0 Å². The summed E-state index contributed by atoms with van der Waals surface area (Å²) in [6.07, 6.45) is 28.6. The molecule has 176 valence electrons. The number of hydrogen-bond acceptors (Lipinski definition) is 3. The molecule has 3 nitrogen and oxygen atoms in total. The van der Waals surface area contributed by atoms with Gasteiger partial charge < -0.3 is 14.9 Å². The highest BCUT2D eigenvalue weighted by molar-refractivity contribution is 4.50. The molecule has 0 atom stereocenters. The molecule has 0 aliphatic rings. The summed E-state index contributed by atoms with van der Waals surface area (Å²) >= 11 is 0. The Balaban J connectivity index is 2.97. The van der Waals surface area contributed by atoms with E-state index in [1.54, 1.807) is 0 Å². The van der Waals surface area contributed by atoms with Crippen LogP contribution >= 0.6 is 0 Å². The van der Waals surface area contributed by atoms with Crippen molar-refractivity contribution in [2.75, 3.05) is 26.4 Å². The van der Waals surface area contributed by atoms with Gasteiger partial charge in [0.1, 0.15) is 0 Å². The second-order valence-corrected chi connectivity index (χ2v) is 8.84. The molecule has 0 rings (SSSR count). The quantitative estimate of drug-likeness (QED) is 0.143. The van der Waals surface area contributed by atoms with Crippen LogP contribution in [0.25, 0.3) is 0 Å². The van der Waals surface area contributed by atoms with Gasteiger partial charge in [0.2, 0.25) is 0 Å². The maximum atomic E-state index is 8.74. The molecule has 0 aliphatic carbocycles. The van der Waals surface area contributed by atoms with Crippen LogP contribution in [0.4, 0.5) is 0 Å². The summed E-state index contributed by atoms with van der Waals surface area (Å²) < 4.78 is 5.78. The Morgan fingerprint density at radius 3 is 0.724 bits per heavy atom. The normalized spacial score (nSPS) is 11.4. The minimum Gasteiger partial charge on any atom is -0.396 e. The lowest BCUT2D eigenvalue weighted by Crippen LogP contribution is -1.97. The fourth-order valence-electron chi connectivity index (χ4n) is 3.92. The highest BCUT2D eigenvalue weighted by Crippen LogP contribution is 2.12. The highest BCUT2D eigenvalue weighted by atomic mass is 16.5. The Morgan fingerprint density at radius 2 is 0.483 bits per heavy atom. The largest absolute Gasteiger partial charge is 0.396 e. The van der Waals surface area contributed by atoms with Gasteiger partial charge in [0.15, 0.2) is 0 Å². The van der Waals surface area contributed by atoms with Crippen LogP contribution in [0.2, 0.25) is 0 Å². The molecular formula is C26H54O3. The first-order chi connectivity index (χ1) is 14.4. The maximum Gasteiger partial charge on any atom is 0.0466 e. The molecular weight excluding hydrogens is 360 g/mol. The first-order valence-electron chi connectivity index (χ1n) is 13.2. The summed E-state index contributed by atoms with van der Waals surface area (Å²) in [5.41, 5.74) is 0. The first kappa shape index (κ1) is 28.9. The molecule has 29 heavy (non-hydrogen) atoms. The summed E-state index contributed by atoms with van der Waals surface area (Å²) in [7, 11) is 0. The lowest BCUT2D eigenvalue weighted by molar-refractivity contribution is 0.125. The van der Waals surface area contributed by atoms with E-state index in [4.69, 9.17) is 14.9 Å². The summed E-state index contributed by atoms with van der Waals surface area (Å²) in [6, 6.07) is 0. The van der Waals surface area contributed by atoms with Gasteiger partial charge in [-0.3, -0.25) is 0 Å². The Labute approximate surface area is 183 Å². The van der Waals surface area contributed by atoms with Crippen molar-refractivity contribution in [3.05, 3.63) is 0 Å². The van der Waals surface area contributed by atoms with Gasteiger partial charge in [-0.05, 0) is 25.7 Å². The fraction of sp³-hybridized carbons (Fsp3) is 1.00. The molecule has 0 bridgehead atoms. The van der Waals surface area contributed by atoms with E-state index in [2.05, 4.69) is 0 Å². The van der Waals surface area contributed by atoms with E-state index in [0.717, 1.165) is 26.1 Å². The monoisotopic (exact) mass is 414 g/mol. The average molecular weight is 415 g/mol. The first-order valence-corrected chi connectivity index (χ1v) is 13.2. The molecule has 0 aromatic carbocycles. The van der Waals surface area contributed by atoms with Gasteiger partial charge in [0.25, 0.3) is 0 Å². The molecule has 0 amide bonds. The molecule has 0 aromatic rings. The average Bonchev–Trinajstić information content (AvgIpc) is 2.74. The summed E-state index contributed by atoms with van der Waals surface area (Å²) in [4.78, 5) is 0. The van der Waals surface area contributed by atoms with Gasteiger partial charge in [-0.25, -0.2) is 0 Å². The van der Waals surface area contributed by atoms with Gasteiger partial charge in [0, 0.05) is 26.4 Å². The number of rotatable bonds is 26. The second-order valence-electron chi connectivity index (χ2n) is 8.84. The summed E-state index contributed by atoms with van der Waals surface area (Å²) in [5.74, 6) is 0. The highest BCUT2D eigenvalue weighted by Gasteiger charge is 1.96. The molecule has 0 radical (unpaired) electrons. The van der Waals surface area contributed by atoms with E-state index in [1.807, 2.05) is 0 Å². The molecule has 3 heteroatoms. The van der Waals surface area contributed by atoms with Crippen molar-refractivity contribution in [2.45, 2.75) is 141 Å². The minimum absolute atomic E-state index is 0.359. The Morgan fingerprint density at radius 1 is 0.276 bits per heavy atom. The fourth-order valence-corrected chi connectivity index (χ4v) is 3.92. The van der Waals surface area contributed by atoms with Crippen LogP contribution in [0, 0.1) is 0 Å². The van der Waals surface area contributed by atoms with Crippen LogP contribution in [-0.2, 0) is 4.74 Å². The Kier molecular flexibility index (Phi) is 27.8. The molecule has 0 saturated heterocycles. The zero-order chi connectivity index (χ0) is 21.1. The summed E-state index contributed by atoms with van der Waals surface area (Å²) in [6.45, 7) is 2.64. The number of aliphatic hydroxyl groups excluding tert-OH is 2. The minimum atomic E-state index is 0.359. The van der Waals surface area contributed by atoms with E-state index >= 15 is 0 Å². The van der Waals surface area contributed by atoms with E-state index in [0.29, 0.717) is 13.2 Å². The van der Waals surface area contributed by atoms with Crippen molar-refractivity contribution in [3.8, 4) is 0 Å². The number of ether oxygens (including phenoxy) is 1. The predicted molar refractivity (Wildman–Crippen MR) is 127 cm³/mol. The second kappa shape index (κ2) is 27.9. The third-order valence-corrected chi connectivity index (χ3v) is 5.89. The molecule has 0 unspecified atom stereocenters. The lowest BCUT2D eigenvalue weighted by atomic mass is 10.1. The Bertz CT molecular complexity index is 245. The van der Waals surface area contributed by atoms with Crippen LogP contribution in [0.3, 0.4) is 0 Å². The van der Waals surface area contributed by atoms with Crippen molar-refractivity contribution < 1.29 is 14.9 Å². The van der Waals surface area contributed by atoms with E-state index in [1.165, 1.54) is 128 Å². The molecule has 0 aromatic heterocycles. The molecule has 0 aliphatic heterocycles. The molecule has 0 fully saturated rings. The van der Waals surface area contributed by atoms with Gasteiger partial charge in [-0.2, -0.15) is 0 Å². The smallest absolute Gasteiger partial charge is 0.0466 e. The maximum absolute atomic E-state index is 8.74. The third kappa shape index (κ3) is 27.9. The van der Waals surface area contributed by atoms with Crippen LogP contribution < -0.4 is 0 Å². The number of hydrogen-bond donors (Lipinski definition) is 2. The Hall–Kier alpha value is -0.120. The third-order valence-electron chi connectivity index (χ3n) is 5.89. The standard InChI is InChI=1S/C26H54O3/c27-23-19-15-11-7-3-1-5-9-13-17-21-25-29-26-22-18-14-10-6-2-4-8-12-16-20-24-28/h27-28H,1-26H2. The van der Waals surface area contributed by atoms with E-state index < -0.39 is 0 Å².